The van der Waals surface area contributed by atoms with E-state index in [2.05, 4.69) is 68.3 Å². The summed E-state index contributed by atoms with van der Waals surface area (Å²) >= 11 is 0. The Labute approximate surface area is 160 Å². The largest absolute Gasteiger partial charge is 0.370 e. The molecule has 0 bridgehead atoms. The van der Waals surface area contributed by atoms with Crippen molar-refractivity contribution >= 4 is 5.69 Å². The molecule has 7 nitrogen and oxygen atoms in total. The Balaban J connectivity index is 1.49. The number of likely N-dealkylation sites (N-methyl/N-ethyl adjacent to an activating group) is 1. The van der Waals surface area contributed by atoms with Crippen molar-refractivity contribution in [3.63, 3.8) is 0 Å². The molecule has 27 heavy (non-hydrogen) atoms. The zero-order valence-corrected chi connectivity index (χ0v) is 16.0. The highest BCUT2D eigenvalue weighted by molar-refractivity contribution is 5.48. The summed E-state index contributed by atoms with van der Waals surface area (Å²) in [6.45, 7) is 5.14. The molecule has 4 rings (SSSR count). The van der Waals surface area contributed by atoms with Crippen LogP contribution >= 0.6 is 0 Å². The third-order valence-electron chi connectivity index (χ3n) is 5.42. The SMILES string of the molecule is C[C@H](Cn1ccnc1-c1cn(C2CCNCC2)nn1)N(C)c1ccccc1. The van der Waals surface area contributed by atoms with Crippen LogP contribution in [-0.2, 0) is 6.54 Å². The van der Waals surface area contributed by atoms with Crippen molar-refractivity contribution in [1.82, 2.24) is 29.9 Å². The van der Waals surface area contributed by atoms with Gasteiger partial charge in [0.2, 0.25) is 0 Å². The molecule has 0 amide bonds. The van der Waals surface area contributed by atoms with Crippen LogP contribution in [0.4, 0.5) is 5.69 Å². The maximum Gasteiger partial charge on any atom is 0.162 e. The number of anilines is 1. The first-order valence-corrected chi connectivity index (χ1v) is 9.64. The van der Waals surface area contributed by atoms with Crippen molar-refractivity contribution in [3.8, 4) is 11.5 Å². The van der Waals surface area contributed by atoms with E-state index in [1.807, 2.05) is 29.3 Å². The highest BCUT2D eigenvalue weighted by Crippen LogP contribution is 2.22. The molecule has 0 saturated carbocycles. The van der Waals surface area contributed by atoms with Crippen LogP contribution in [0.3, 0.4) is 0 Å². The van der Waals surface area contributed by atoms with Gasteiger partial charge in [-0.25, -0.2) is 9.67 Å². The van der Waals surface area contributed by atoms with Crippen LogP contribution in [0, 0.1) is 0 Å². The lowest BCUT2D eigenvalue weighted by molar-refractivity contribution is 0.337. The van der Waals surface area contributed by atoms with E-state index in [0.29, 0.717) is 12.1 Å². The molecule has 1 saturated heterocycles. The average Bonchev–Trinajstić information content (AvgIpc) is 3.38. The number of para-hydroxylation sites is 1. The molecule has 142 valence electrons. The summed E-state index contributed by atoms with van der Waals surface area (Å²) in [4.78, 5) is 6.83. The van der Waals surface area contributed by atoms with Gasteiger partial charge in [-0.1, -0.05) is 23.4 Å². The van der Waals surface area contributed by atoms with Gasteiger partial charge in [0.05, 0.1) is 12.2 Å². The Hall–Kier alpha value is -2.67. The lowest BCUT2D eigenvalue weighted by Gasteiger charge is -2.27. The predicted octanol–water partition coefficient (Wildman–Crippen LogP) is 2.59. The van der Waals surface area contributed by atoms with E-state index in [4.69, 9.17) is 0 Å². The number of nitrogens with zero attached hydrogens (tertiary/aromatic N) is 6. The number of nitrogens with one attached hydrogen (secondary N) is 1. The van der Waals surface area contributed by atoms with Gasteiger partial charge < -0.3 is 14.8 Å². The Morgan fingerprint density at radius 3 is 2.78 bits per heavy atom. The van der Waals surface area contributed by atoms with Crippen LogP contribution in [0.15, 0.2) is 48.9 Å². The Kier molecular flexibility index (Phi) is 5.20. The molecule has 1 atom stereocenters. The lowest BCUT2D eigenvalue weighted by Crippen LogP contribution is -2.32. The van der Waals surface area contributed by atoms with Crippen molar-refractivity contribution in [2.24, 2.45) is 0 Å². The quantitative estimate of drug-likeness (QED) is 0.727. The first-order valence-electron chi connectivity index (χ1n) is 9.64. The van der Waals surface area contributed by atoms with Crippen LogP contribution in [0.5, 0.6) is 0 Å². The number of piperidine rings is 1. The fraction of sp³-hybridized carbons (Fsp3) is 0.450. The second-order valence-electron chi connectivity index (χ2n) is 7.26. The summed E-state index contributed by atoms with van der Waals surface area (Å²) in [6, 6.07) is 11.2. The van der Waals surface area contributed by atoms with E-state index in [9.17, 15) is 0 Å². The predicted molar refractivity (Wildman–Crippen MR) is 107 cm³/mol. The first kappa shape index (κ1) is 17.7. The van der Waals surface area contributed by atoms with Gasteiger partial charge in [0.15, 0.2) is 5.82 Å². The molecule has 2 aromatic heterocycles. The molecule has 1 aromatic carbocycles. The van der Waals surface area contributed by atoms with E-state index < -0.39 is 0 Å². The average molecular weight is 365 g/mol. The molecule has 0 radical (unpaired) electrons. The van der Waals surface area contributed by atoms with E-state index in [0.717, 1.165) is 44.0 Å². The highest BCUT2D eigenvalue weighted by Gasteiger charge is 2.19. The van der Waals surface area contributed by atoms with Crippen molar-refractivity contribution in [2.75, 3.05) is 25.0 Å². The van der Waals surface area contributed by atoms with Crippen LogP contribution < -0.4 is 10.2 Å². The molecule has 0 aliphatic carbocycles. The summed E-state index contributed by atoms with van der Waals surface area (Å²) in [6.07, 6.45) is 8.09. The Morgan fingerprint density at radius 2 is 2.00 bits per heavy atom. The summed E-state index contributed by atoms with van der Waals surface area (Å²) in [5.41, 5.74) is 2.05. The zero-order valence-electron chi connectivity index (χ0n) is 16.0. The van der Waals surface area contributed by atoms with Gasteiger partial charge in [-0.2, -0.15) is 0 Å². The molecule has 3 heterocycles. The second kappa shape index (κ2) is 7.92. The van der Waals surface area contributed by atoms with Crippen molar-refractivity contribution < 1.29 is 0 Å². The van der Waals surface area contributed by atoms with Gasteiger partial charge in [0.1, 0.15) is 5.69 Å². The van der Waals surface area contributed by atoms with E-state index >= 15 is 0 Å². The minimum atomic E-state index is 0.319. The molecule has 1 aliphatic heterocycles. The van der Waals surface area contributed by atoms with Crippen molar-refractivity contribution in [3.05, 3.63) is 48.9 Å². The minimum absolute atomic E-state index is 0.319. The molecule has 1 N–H and O–H groups in total. The fourth-order valence-corrected chi connectivity index (χ4v) is 3.64. The summed E-state index contributed by atoms with van der Waals surface area (Å²) in [7, 11) is 2.13. The molecular formula is C20H27N7. The highest BCUT2D eigenvalue weighted by atomic mass is 15.4. The topological polar surface area (TPSA) is 63.8 Å². The summed E-state index contributed by atoms with van der Waals surface area (Å²) in [5, 5.41) is 12.2. The standard InChI is InChI=1S/C20H27N7/c1-16(25(2)17-6-4-3-5-7-17)14-26-13-12-22-20(26)19-15-27(24-23-19)18-8-10-21-11-9-18/h3-7,12-13,15-16,18,21H,8-11,14H2,1-2H3/t16-/m1/s1. The smallest absolute Gasteiger partial charge is 0.162 e. The molecule has 0 spiro atoms. The van der Waals surface area contributed by atoms with Crippen LogP contribution in [-0.4, -0.2) is 50.7 Å². The number of hydrogen-bond acceptors (Lipinski definition) is 5. The number of benzene rings is 1. The maximum atomic E-state index is 4.55. The van der Waals surface area contributed by atoms with Crippen molar-refractivity contribution in [1.29, 1.82) is 0 Å². The fourth-order valence-electron chi connectivity index (χ4n) is 3.64. The van der Waals surface area contributed by atoms with Gasteiger partial charge >= 0.3 is 0 Å². The number of imidazole rings is 1. The van der Waals surface area contributed by atoms with Crippen LogP contribution in [0.2, 0.25) is 0 Å². The first-order chi connectivity index (χ1) is 13.2. The maximum absolute atomic E-state index is 4.55. The molecular weight excluding hydrogens is 338 g/mol. The normalized spacial score (nSPS) is 16.4. The zero-order chi connectivity index (χ0) is 18.6. The number of rotatable bonds is 6. The van der Waals surface area contributed by atoms with Crippen LogP contribution in [0.25, 0.3) is 11.5 Å². The molecule has 1 fully saturated rings. The van der Waals surface area contributed by atoms with Gasteiger partial charge in [-0.05, 0) is 45.0 Å². The van der Waals surface area contributed by atoms with Crippen molar-refractivity contribution in [2.45, 2.75) is 38.4 Å². The Morgan fingerprint density at radius 1 is 1.22 bits per heavy atom. The molecule has 0 unspecified atom stereocenters. The number of aromatic nitrogens is 5. The molecule has 1 aliphatic rings. The number of hydrogen-bond donors (Lipinski definition) is 1. The molecule has 7 heteroatoms. The van der Waals surface area contributed by atoms with E-state index in [1.54, 1.807) is 0 Å². The second-order valence-corrected chi connectivity index (χ2v) is 7.26. The third-order valence-corrected chi connectivity index (χ3v) is 5.42. The summed E-state index contributed by atoms with van der Waals surface area (Å²) < 4.78 is 4.18. The Bertz CT molecular complexity index is 848. The monoisotopic (exact) mass is 365 g/mol. The molecule has 3 aromatic rings. The minimum Gasteiger partial charge on any atom is -0.370 e. The van der Waals surface area contributed by atoms with Crippen LogP contribution in [0.1, 0.15) is 25.8 Å². The summed E-state index contributed by atoms with van der Waals surface area (Å²) in [5.74, 6) is 0.878. The van der Waals surface area contributed by atoms with Gasteiger partial charge in [0.25, 0.3) is 0 Å². The van der Waals surface area contributed by atoms with Gasteiger partial charge in [0, 0.05) is 37.7 Å². The van der Waals surface area contributed by atoms with Gasteiger partial charge in [-0.15, -0.1) is 5.10 Å². The van der Waals surface area contributed by atoms with Gasteiger partial charge in [-0.3, -0.25) is 0 Å². The third kappa shape index (κ3) is 3.88. The van der Waals surface area contributed by atoms with E-state index in [-0.39, 0.29) is 0 Å². The van der Waals surface area contributed by atoms with E-state index in [1.165, 1.54) is 5.69 Å². The lowest BCUT2D eigenvalue weighted by atomic mass is 10.1.